The quantitative estimate of drug-likeness (QED) is 0.232. The van der Waals surface area contributed by atoms with E-state index in [1.807, 2.05) is 118 Å². The van der Waals surface area contributed by atoms with Gasteiger partial charge in [0.2, 0.25) is 0 Å². The van der Waals surface area contributed by atoms with Crippen molar-refractivity contribution < 1.29 is 23.7 Å². The van der Waals surface area contributed by atoms with E-state index < -0.39 is 29.9 Å². The molecule has 4 rings (SSSR count). The minimum atomic E-state index is -0.658. The van der Waals surface area contributed by atoms with Gasteiger partial charge in [0.05, 0.1) is 38.5 Å². The number of carbonyl (C=O) groups excluding carboxylic acids is 1. The number of hydrogen-bond donors (Lipinski definition) is 0. The van der Waals surface area contributed by atoms with Crippen molar-refractivity contribution in [3.8, 4) is 0 Å². The topological polar surface area (TPSA) is 57.2 Å². The standard InChI is InChI=1S/C34H41NO5/c1-5-15-29-31(38-23-27-18-11-7-12-19-27)32(39-24-28-20-13-8-14-21-28)30(35(29)33(36)40-34(2,3)4)25-37-22-26-16-9-6-10-17-26/h5-14,16-21,29-32H,1,15,22-25H2,2-4H3/t29-,30-,31-,32-/m1/s1. The molecular weight excluding hydrogens is 502 g/mol. The molecule has 0 saturated carbocycles. The lowest BCUT2D eigenvalue weighted by atomic mass is 10.0. The number of carbonyl (C=O) groups is 1. The maximum atomic E-state index is 13.7. The lowest BCUT2D eigenvalue weighted by molar-refractivity contribution is -0.0863. The Morgan fingerprint density at radius 1 is 0.750 bits per heavy atom. The summed E-state index contributed by atoms with van der Waals surface area (Å²) in [6, 6.07) is 29.3. The highest BCUT2D eigenvalue weighted by molar-refractivity contribution is 5.70. The fraction of sp³-hybridized carbons (Fsp3) is 0.382. The van der Waals surface area contributed by atoms with Gasteiger partial charge in [-0.2, -0.15) is 0 Å². The fourth-order valence-corrected chi connectivity index (χ4v) is 5.00. The van der Waals surface area contributed by atoms with Gasteiger partial charge in [-0.1, -0.05) is 97.1 Å². The molecule has 40 heavy (non-hydrogen) atoms. The van der Waals surface area contributed by atoms with Crippen LogP contribution in [0.2, 0.25) is 0 Å². The van der Waals surface area contributed by atoms with Crippen LogP contribution in [-0.4, -0.2) is 47.5 Å². The Morgan fingerprint density at radius 3 is 1.65 bits per heavy atom. The Hall–Kier alpha value is -3.45. The van der Waals surface area contributed by atoms with Gasteiger partial charge in [0, 0.05) is 0 Å². The molecule has 6 nitrogen and oxygen atoms in total. The van der Waals surface area contributed by atoms with E-state index in [2.05, 4.69) is 6.58 Å². The van der Waals surface area contributed by atoms with E-state index in [1.165, 1.54) is 0 Å². The Labute approximate surface area is 238 Å². The van der Waals surface area contributed by atoms with Crippen LogP contribution in [0.3, 0.4) is 0 Å². The number of nitrogens with zero attached hydrogens (tertiary/aromatic N) is 1. The van der Waals surface area contributed by atoms with Crippen LogP contribution in [0.1, 0.15) is 43.9 Å². The molecule has 6 heteroatoms. The molecule has 1 heterocycles. The molecule has 0 aromatic heterocycles. The first-order valence-corrected chi connectivity index (χ1v) is 13.9. The molecule has 3 aromatic carbocycles. The molecule has 212 valence electrons. The molecule has 0 bridgehead atoms. The van der Waals surface area contributed by atoms with Crippen molar-refractivity contribution >= 4 is 6.09 Å². The summed E-state index contributed by atoms with van der Waals surface area (Å²) in [7, 11) is 0. The second kappa shape index (κ2) is 14.3. The van der Waals surface area contributed by atoms with Gasteiger partial charge in [-0.25, -0.2) is 4.79 Å². The van der Waals surface area contributed by atoms with E-state index in [1.54, 1.807) is 4.90 Å². The Bertz CT molecular complexity index is 1180. The van der Waals surface area contributed by atoms with Crippen LogP contribution in [-0.2, 0) is 38.8 Å². The van der Waals surface area contributed by atoms with Crippen molar-refractivity contribution in [3.05, 3.63) is 120 Å². The van der Waals surface area contributed by atoms with Gasteiger partial charge in [-0.15, -0.1) is 6.58 Å². The van der Waals surface area contributed by atoms with E-state index in [9.17, 15) is 4.79 Å². The first-order chi connectivity index (χ1) is 19.4. The highest BCUT2D eigenvalue weighted by Gasteiger charge is 2.53. The molecule has 0 radical (unpaired) electrons. The average Bonchev–Trinajstić information content (AvgIpc) is 3.23. The minimum Gasteiger partial charge on any atom is -0.444 e. The van der Waals surface area contributed by atoms with E-state index in [0.29, 0.717) is 26.2 Å². The number of ether oxygens (including phenoxy) is 4. The first kappa shape index (κ1) is 29.5. The lowest BCUT2D eigenvalue weighted by Gasteiger charge is -2.33. The van der Waals surface area contributed by atoms with Gasteiger partial charge in [-0.3, -0.25) is 4.90 Å². The molecule has 0 spiro atoms. The van der Waals surface area contributed by atoms with Gasteiger partial charge in [0.15, 0.2) is 0 Å². The summed E-state index contributed by atoms with van der Waals surface area (Å²) in [5.74, 6) is 0. The summed E-state index contributed by atoms with van der Waals surface area (Å²) < 4.78 is 25.3. The zero-order chi connectivity index (χ0) is 28.4. The van der Waals surface area contributed by atoms with Crippen LogP contribution in [0.4, 0.5) is 4.79 Å². The van der Waals surface area contributed by atoms with Crippen LogP contribution in [0, 0.1) is 0 Å². The van der Waals surface area contributed by atoms with E-state index >= 15 is 0 Å². The normalized spacial score (nSPS) is 20.8. The first-order valence-electron chi connectivity index (χ1n) is 13.9. The summed E-state index contributed by atoms with van der Waals surface area (Å²) in [4.78, 5) is 15.5. The molecule has 1 fully saturated rings. The van der Waals surface area contributed by atoms with Crippen molar-refractivity contribution in [1.82, 2.24) is 4.90 Å². The zero-order valence-electron chi connectivity index (χ0n) is 23.8. The van der Waals surface area contributed by atoms with E-state index in [-0.39, 0.29) is 12.6 Å². The van der Waals surface area contributed by atoms with Gasteiger partial charge in [-0.05, 0) is 43.9 Å². The van der Waals surface area contributed by atoms with Crippen LogP contribution in [0.15, 0.2) is 104 Å². The highest BCUT2D eigenvalue weighted by atomic mass is 16.6. The number of benzene rings is 3. The SMILES string of the molecule is C=CC[C@@H]1[C@@H](OCc2ccccc2)[C@H](OCc2ccccc2)[C@@H](COCc2ccccc2)N1C(=O)OC(C)(C)C. The van der Waals surface area contributed by atoms with Crippen LogP contribution in [0.25, 0.3) is 0 Å². The van der Waals surface area contributed by atoms with Gasteiger partial charge < -0.3 is 18.9 Å². The molecule has 1 aliphatic heterocycles. The third kappa shape index (κ3) is 8.28. The molecule has 0 N–H and O–H groups in total. The van der Waals surface area contributed by atoms with Gasteiger partial charge in [0.1, 0.15) is 17.8 Å². The molecule has 1 aliphatic rings. The van der Waals surface area contributed by atoms with E-state index in [4.69, 9.17) is 18.9 Å². The second-order valence-corrected chi connectivity index (χ2v) is 11.1. The average molecular weight is 544 g/mol. The second-order valence-electron chi connectivity index (χ2n) is 11.1. The summed E-state index contributed by atoms with van der Waals surface area (Å²) in [6.45, 7) is 11.1. The number of hydrogen-bond acceptors (Lipinski definition) is 5. The number of amides is 1. The molecule has 0 aliphatic carbocycles. The van der Waals surface area contributed by atoms with Crippen molar-refractivity contribution in [2.24, 2.45) is 0 Å². The van der Waals surface area contributed by atoms with Crippen molar-refractivity contribution in [2.75, 3.05) is 6.61 Å². The predicted molar refractivity (Wildman–Crippen MR) is 157 cm³/mol. The maximum Gasteiger partial charge on any atom is 0.411 e. The Balaban J connectivity index is 1.64. The molecule has 0 unspecified atom stereocenters. The minimum absolute atomic E-state index is 0.270. The maximum absolute atomic E-state index is 13.7. The lowest BCUT2D eigenvalue weighted by Crippen LogP contribution is -2.48. The fourth-order valence-electron chi connectivity index (χ4n) is 5.00. The van der Waals surface area contributed by atoms with Crippen LogP contribution < -0.4 is 0 Å². The Morgan fingerprint density at radius 2 is 1.20 bits per heavy atom. The van der Waals surface area contributed by atoms with Crippen LogP contribution in [0.5, 0.6) is 0 Å². The zero-order valence-corrected chi connectivity index (χ0v) is 23.8. The third-order valence-corrected chi connectivity index (χ3v) is 6.78. The van der Waals surface area contributed by atoms with E-state index in [0.717, 1.165) is 16.7 Å². The van der Waals surface area contributed by atoms with Gasteiger partial charge >= 0.3 is 6.09 Å². The summed E-state index contributed by atoms with van der Waals surface area (Å²) >= 11 is 0. The van der Waals surface area contributed by atoms with Crippen molar-refractivity contribution in [1.29, 1.82) is 0 Å². The summed E-state index contributed by atoms with van der Waals surface area (Å²) in [5, 5.41) is 0. The molecule has 1 saturated heterocycles. The predicted octanol–water partition coefficient (Wildman–Crippen LogP) is 6.94. The highest BCUT2D eigenvalue weighted by Crippen LogP contribution is 2.35. The Kier molecular flexibility index (Phi) is 10.5. The number of rotatable bonds is 12. The van der Waals surface area contributed by atoms with Crippen LogP contribution >= 0.6 is 0 Å². The molecule has 1 amide bonds. The summed E-state index contributed by atoms with van der Waals surface area (Å²) in [6.07, 6.45) is 1.07. The number of likely N-dealkylation sites (tertiary alicyclic amines) is 1. The smallest absolute Gasteiger partial charge is 0.411 e. The van der Waals surface area contributed by atoms with Crippen molar-refractivity contribution in [2.45, 2.75) is 76.9 Å². The largest absolute Gasteiger partial charge is 0.444 e. The summed E-state index contributed by atoms with van der Waals surface area (Å²) in [5.41, 5.74) is 2.50. The van der Waals surface area contributed by atoms with Crippen molar-refractivity contribution in [3.63, 3.8) is 0 Å². The third-order valence-electron chi connectivity index (χ3n) is 6.78. The molecular formula is C34H41NO5. The monoisotopic (exact) mass is 543 g/mol. The molecule has 3 aromatic rings. The van der Waals surface area contributed by atoms with Gasteiger partial charge in [0.25, 0.3) is 0 Å². The molecule has 4 atom stereocenters.